The van der Waals surface area contributed by atoms with Crippen LogP contribution in [0, 0.1) is 135 Å². The lowest BCUT2D eigenvalue weighted by molar-refractivity contribution is 0.0327. The first-order valence-electron chi connectivity index (χ1n) is 47.4. The van der Waals surface area contributed by atoms with Crippen molar-refractivity contribution >= 4 is 10.1 Å². The van der Waals surface area contributed by atoms with Gasteiger partial charge < -0.3 is 76.6 Å². The molecule has 9 atom stereocenters. The summed E-state index contributed by atoms with van der Waals surface area (Å²) in [6.07, 6.45) is 12.9. The van der Waals surface area contributed by atoms with Crippen molar-refractivity contribution in [3.05, 3.63) is 0 Å². The highest BCUT2D eigenvalue weighted by Crippen LogP contribution is 2.28. The first-order valence-corrected chi connectivity index (χ1v) is 49.0. The summed E-state index contributed by atoms with van der Waals surface area (Å²) in [5.74, 6) is 11.8. The Kier molecular flexibility index (Phi) is 131. The zero-order valence-corrected chi connectivity index (χ0v) is 90.9. The summed E-state index contributed by atoms with van der Waals surface area (Å²) < 4.78 is 29.6. The number of rotatable bonds is 37. The normalized spacial score (nSPS) is 13.6. The second-order valence-corrected chi connectivity index (χ2v) is 44.0. The molecule has 120 heavy (non-hydrogen) atoms. The third-order valence-electron chi connectivity index (χ3n) is 20.4. The summed E-state index contributed by atoms with van der Waals surface area (Å²) >= 11 is 0. The Hall–Kier alpha value is -0.690. The topological polar surface area (TPSA) is 358 Å². The van der Waals surface area contributed by atoms with Gasteiger partial charge in [-0.3, -0.25) is 4.55 Å². The molecule has 0 rings (SSSR count). The van der Waals surface area contributed by atoms with Gasteiger partial charge in [-0.25, -0.2) is 0 Å². The Morgan fingerprint density at radius 1 is 0.308 bits per heavy atom. The maximum Gasteiger partial charge on any atom is 0.265 e. The van der Waals surface area contributed by atoms with E-state index in [1.165, 1.54) is 12.8 Å². The minimum Gasteiger partial charge on any atom is -0.396 e. The monoisotopic (exact) mass is 1770 g/mol. The minimum absolute atomic E-state index is 0.0972. The third kappa shape index (κ3) is 182. The molecule has 0 amide bonds. The molecule has 0 spiro atoms. The molecule has 0 aromatic rings. The second kappa shape index (κ2) is 100. The molecule has 0 aliphatic heterocycles. The standard InChI is InChI=1S/C7H16O3S.8C7H16O.4C6H14O.2C5H12O.C4H10O/c1-6(2)7(3,4)5-11(8,9)10;1-6(2)7(3,4)5-8;1-6(2)5-7(3,4)8;1-6(2)4-7(3)5-8;1-6(2)7(3)4-5-8;1-6(2)4-5-7(3)8;1-5(2)6(3)7(4)8;1-7(2)5-3-4-6-8;1-4-7(5-8)6(2)3;1-5(2)6(3,4)7;1-5(2)6(3)4-7;1-5(2)4-6(3)7;1-6(2)4-3-5-7;1-5(2)3-4-6;1-4(2)5(3)6;1-4(2)3-5/h6H,5H2,1-4H3,(H,8,9,10);2*6,8H,5H2,1-4H3;3*6-8H,4-5H2,1-3H3;5-8H,1-4H3;7-8H,3-6H2,1-2H3;6-8H,4-5H2,1-3H3;5,7H,1-4H3;2*5-7H,4H2,1-3H3;6-7H,3-5H2,1-2H3;5-6H,3-4H2,1-2H3;4-6H,1-3H3;4-5H,3H2,1-2H3. The second-order valence-electron chi connectivity index (χ2n) is 42.5. The van der Waals surface area contributed by atoms with Crippen molar-refractivity contribution in [1.29, 1.82) is 0 Å². The van der Waals surface area contributed by atoms with E-state index in [4.69, 9.17) is 76.0 Å². The molecule has 0 heterocycles. The minimum atomic E-state index is -3.83. The van der Waals surface area contributed by atoms with Gasteiger partial charge in [0.05, 0.1) is 41.4 Å². The highest BCUT2D eigenvalue weighted by Gasteiger charge is 2.28. The fourth-order valence-electron chi connectivity index (χ4n) is 7.49. The lowest BCUT2D eigenvalue weighted by Crippen LogP contribution is -2.28. The first-order chi connectivity index (χ1) is 53.8. The number of aliphatic hydroxyl groups is 15. The third-order valence-corrected chi connectivity index (χ3v) is 21.5. The number of hydrogen-bond donors (Lipinski definition) is 16. The van der Waals surface area contributed by atoms with Crippen molar-refractivity contribution in [2.45, 2.75) is 458 Å². The van der Waals surface area contributed by atoms with Gasteiger partial charge in [0.2, 0.25) is 0 Å². The van der Waals surface area contributed by atoms with Crippen LogP contribution in [0.3, 0.4) is 0 Å². The molecule has 752 valence electrons. The van der Waals surface area contributed by atoms with Crippen molar-refractivity contribution < 1.29 is 89.6 Å². The maximum atomic E-state index is 10.5. The van der Waals surface area contributed by atoms with E-state index < -0.39 is 21.3 Å². The van der Waals surface area contributed by atoms with E-state index in [9.17, 15) is 13.5 Å². The van der Waals surface area contributed by atoms with Gasteiger partial charge in [-0.15, -0.1) is 0 Å². The van der Waals surface area contributed by atoms with Crippen LogP contribution in [-0.4, -0.2) is 190 Å². The van der Waals surface area contributed by atoms with Crippen molar-refractivity contribution in [2.75, 3.05) is 65.2 Å². The molecule has 16 N–H and O–H groups in total. The van der Waals surface area contributed by atoms with E-state index in [0.29, 0.717) is 148 Å². The fourth-order valence-corrected chi connectivity index (χ4v) is 8.77. The summed E-state index contributed by atoms with van der Waals surface area (Å²) in [6.45, 7) is 103. The van der Waals surface area contributed by atoms with E-state index in [-0.39, 0.29) is 53.5 Å². The Morgan fingerprint density at radius 2 is 0.650 bits per heavy atom. The van der Waals surface area contributed by atoms with Gasteiger partial charge in [-0.05, 0) is 255 Å². The molecule has 0 bridgehead atoms. The molecule has 0 aromatic carbocycles. The number of hydrogen-bond acceptors (Lipinski definition) is 17. The summed E-state index contributed by atoms with van der Waals surface area (Å²) in [6, 6.07) is 0. The van der Waals surface area contributed by atoms with Gasteiger partial charge in [-0.1, -0.05) is 303 Å². The van der Waals surface area contributed by atoms with E-state index in [0.717, 1.165) is 94.3 Å². The summed E-state index contributed by atoms with van der Waals surface area (Å²) in [7, 11) is -3.83. The van der Waals surface area contributed by atoms with Gasteiger partial charge in [-0.2, -0.15) is 8.42 Å². The zero-order valence-electron chi connectivity index (χ0n) is 90.1. The lowest BCUT2D eigenvalue weighted by atomic mass is 9.82. The molecular weight excluding hydrogens is 1530 g/mol. The molecule has 0 aliphatic rings. The van der Waals surface area contributed by atoms with E-state index in [1.54, 1.807) is 6.92 Å². The molecule has 0 fully saturated rings. The molecule has 0 radical (unpaired) electrons. The van der Waals surface area contributed by atoms with Crippen LogP contribution in [0.15, 0.2) is 0 Å². The molecule has 0 saturated heterocycles. The van der Waals surface area contributed by atoms with Gasteiger partial charge in [0.1, 0.15) is 0 Å². The zero-order chi connectivity index (χ0) is 100. The van der Waals surface area contributed by atoms with Crippen molar-refractivity contribution in [1.82, 2.24) is 0 Å². The van der Waals surface area contributed by atoms with Crippen LogP contribution in [0.4, 0.5) is 0 Å². The predicted octanol–water partition coefficient (Wildman–Crippen LogP) is 23.5. The Labute approximate surface area is 754 Å². The first kappa shape index (κ1) is 156. The van der Waals surface area contributed by atoms with Crippen LogP contribution < -0.4 is 0 Å². The van der Waals surface area contributed by atoms with E-state index >= 15 is 0 Å². The van der Waals surface area contributed by atoms with Crippen LogP contribution in [0.25, 0.3) is 0 Å². The van der Waals surface area contributed by atoms with Gasteiger partial charge in [0.25, 0.3) is 10.1 Å². The quantitative estimate of drug-likeness (QED) is 0.0203. The van der Waals surface area contributed by atoms with Crippen molar-refractivity contribution in [3.8, 4) is 0 Å². The van der Waals surface area contributed by atoms with Crippen LogP contribution in [0.2, 0.25) is 0 Å². The molecule has 0 aliphatic carbocycles. The van der Waals surface area contributed by atoms with E-state index in [1.807, 2.05) is 125 Å². The molecule has 0 aromatic heterocycles. The SMILES string of the molecule is CC(C)C(C)(C)CO.CC(C)C(C)(C)CS(=O)(=O)O.CC(C)C(C)(C)O.CC(C)C(C)C(C)O.CC(C)C(C)CCO.CC(C)C(C)CO.CC(C)C(C)O.CC(C)CC(C)(C)O.CC(C)CC(C)CO.CC(C)CC(C)O.CC(C)CCC(C)O.CC(C)CCCCO.CC(C)CCCO.CC(C)CCO.CC(C)CO.CCC(CO)C(C)C. The summed E-state index contributed by atoms with van der Waals surface area (Å²) in [4.78, 5) is 0. The fraction of sp³-hybridized carbons (Fsp3) is 1.00. The average molecular weight is 1770 g/mol. The number of unbranched alkanes of at least 4 members (excludes halogenated alkanes) is 1. The van der Waals surface area contributed by atoms with E-state index in [2.05, 4.69) is 208 Å². The van der Waals surface area contributed by atoms with Crippen LogP contribution in [0.5, 0.6) is 0 Å². The molecule has 19 heteroatoms. The van der Waals surface area contributed by atoms with Gasteiger partial charge in [0.15, 0.2) is 0 Å². The van der Waals surface area contributed by atoms with Crippen LogP contribution in [-0.2, 0) is 10.1 Å². The average Bonchev–Trinajstić information content (AvgIpc) is 0.904. The largest absolute Gasteiger partial charge is 0.396 e. The molecular formula is C101H234O18S. The summed E-state index contributed by atoms with van der Waals surface area (Å²) in [5, 5.41) is 130. The van der Waals surface area contributed by atoms with Crippen LogP contribution in [0.1, 0.15) is 423 Å². The Bertz CT molecular complexity index is 1890. The van der Waals surface area contributed by atoms with Crippen LogP contribution >= 0.6 is 0 Å². The van der Waals surface area contributed by atoms with Crippen molar-refractivity contribution in [3.63, 3.8) is 0 Å². The lowest BCUT2D eigenvalue weighted by Gasteiger charge is -2.27. The summed E-state index contributed by atoms with van der Waals surface area (Å²) in [5.41, 5.74) is -1.23. The van der Waals surface area contributed by atoms with Gasteiger partial charge in [0, 0.05) is 59.5 Å². The highest BCUT2D eigenvalue weighted by molar-refractivity contribution is 7.85. The van der Waals surface area contributed by atoms with Crippen molar-refractivity contribution in [2.24, 2.45) is 135 Å². The van der Waals surface area contributed by atoms with Gasteiger partial charge >= 0.3 is 0 Å². The Balaban J connectivity index is -0.0000000688. The smallest absolute Gasteiger partial charge is 0.265 e. The molecule has 18 nitrogen and oxygen atoms in total. The Morgan fingerprint density at radius 3 is 0.717 bits per heavy atom. The predicted molar refractivity (Wildman–Crippen MR) is 530 cm³/mol. The highest BCUT2D eigenvalue weighted by atomic mass is 32.2. The maximum absolute atomic E-state index is 10.5. The number of aliphatic hydroxyl groups excluding tert-OH is 13. The molecule has 9 unspecified atom stereocenters. The molecule has 0 saturated carbocycles.